The number of halogens is 1. The zero-order valence-electron chi connectivity index (χ0n) is 17.9. The molecule has 0 N–H and O–H groups in total. The Kier molecular flexibility index (Phi) is 4.84. The molecule has 0 bridgehead atoms. The topological polar surface area (TPSA) is 41.1 Å². The summed E-state index contributed by atoms with van der Waals surface area (Å²) in [7, 11) is 2.04. The third-order valence-corrected chi connectivity index (χ3v) is 6.52. The molecule has 1 atom stereocenters. The summed E-state index contributed by atoms with van der Waals surface area (Å²) in [5.41, 5.74) is 4.84. The maximum Gasteiger partial charge on any atom is 0.159 e. The summed E-state index contributed by atoms with van der Waals surface area (Å²) in [5, 5.41) is 2.23. The molecule has 33 heavy (non-hydrogen) atoms. The largest absolute Gasteiger partial charge is 0.456 e. The predicted molar refractivity (Wildman–Crippen MR) is 138 cm³/mol. The first-order chi connectivity index (χ1) is 16.2. The molecular weight excluding hydrogens is 474 g/mol. The van der Waals surface area contributed by atoms with E-state index in [9.17, 15) is 0 Å². The minimum absolute atomic E-state index is 0.177. The number of rotatable bonds is 3. The zero-order chi connectivity index (χ0) is 22.4. The highest BCUT2D eigenvalue weighted by molar-refractivity contribution is 9.10. The number of fused-ring (bicyclic) bond motifs is 3. The molecule has 5 heteroatoms. The summed E-state index contributed by atoms with van der Waals surface area (Å²) in [5.74, 6) is 1.58. The molecule has 1 aromatic heterocycles. The van der Waals surface area contributed by atoms with Gasteiger partial charge in [0.25, 0.3) is 0 Å². The zero-order valence-corrected chi connectivity index (χ0v) is 19.5. The van der Waals surface area contributed by atoms with E-state index in [-0.39, 0.29) is 6.17 Å². The lowest BCUT2D eigenvalue weighted by Crippen LogP contribution is -2.35. The van der Waals surface area contributed by atoms with Crippen molar-refractivity contribution in [3.8, 4) is 0 Å². The van der Waals surface area contributed by atoms with Crippen LogP contribution < -0.4 is 0 Å². The summed E-state index contributed by atoms with van der Waals surface area (Å²) in [6, 6.07) is 32.9. The van der Waals surface area contributed by atoms with Crippen molar-refractivity contribution in [2.45, 2.75) is 6.17 Å². The minimum atomic E-state index is -0.177. The molecule has 0 aliphatic carbocycles. The van der Waals surface area contributed by atoms with E-state index in [0.717, 1.165) is 48.9 Å². The first-order valence-electron chi connectivity index (χ1n) is 10.8. The second-order valence-electron chi connectivity index (χ2n) is 8.10. The van der Waals surface area contributed by atoms with Crippen molar-refractivity contribution in [3.05, 3.63) is 118 Å². The lowest BCUT2D eigenvalue weighted by atomic mass is 10.1. The molecule has 0 amide bonds. The third kappa shape index (κ3) is 3.55. The highest BCUT2D eigenvalue weighted by atomic mass is 79.9. The fourth-order valence-corrected chi connectivity index (χ4v) is 4.59. The average molecular weight is 494 g/mol. The quantitative estimate of drug-likeness (QED) is 0.267. The van der Waals surface area contributed by atoms with Crippen LogP contribution in [0.15, 0.2) is 116 Å². The molecule has 6 rings (SSSR count). The molecule has 4 aromatic carbocycles. The molecule has 0 saturated heterocycles. The minimum Gasteiger partial charge on any atom is -0.456 e. The Morgan fingerprint density at radius 1 is 0.758 bits per heavy atom. The van der Waals surface area contributed by atoms with E-state index in [1.54, 1.807) is 0 Å². The van der Waals surface area contributed by atoms with Crippen LogP contribution in [0, 0.1) is 0 Å². The molecule has 160 valence electrons. The van der Waals surface area contributed by atoms with E-state index in [4.69, 9.17) is 14.4 Å². The Morgan fingerprint density at radius 2 is 1.45 bits per heavy atom. The van der Waals surface area contributed by atoms with Crippen LogP contribution >= 0.6 is 15.9 Å². The standard InChI is InChI=1S/C28H20BrN3O/c1-32-27(19-7-3-2-4-8-19)30-26(18-11-14-21(29)15-12-18)31-28(32)20-13-16-23-22-9-5-6-10-24(22)33-25(23)17-20/h2-17,27H,1H3. The van der Waals surface area contributed by atoms with Crippen molar-refractivity contribution < 1.29 is 4.42 Å². The Hall–Kier alpha value is -3.70. The SMILES string of the molecule is CN1C(c2ccc3c(c2)oc2ccccc23)=NC(c2ccc(Br)cc2)=NC1c1ccccc1. The first-order valence-corrected chi connectivity index (χ1v) is 11.6. The van der Waals surface area contributed by atoms with Crippen LogP contribution in [0.2, 0.25) is 0 Å². The van der Waals surface area contributed by atoms with Gasteiger partial charge in [-0.25, -0.2) is 9.98 Å². The normalized spacial score (nSPS) is 16.2. The van der Waals surface area contributed by atoms with Crippen molar-refractivity contribution in [3.63, 3.8) is 0 Å². The van der Waals surface area contributed by atoms with Gasteiger partial charge in [0.1, 0.15) is 23.2 Å². The van der Waals surface area contributed by atoms with Gasteiger partial charge in [0.05, 0.1) is 0 Å². The molecule has 0 saturated carbocycles. The van der Waals surface area contributed by atoms with Gasteiger partial charge >= 0.3 is 0 Å². The van der Waals surface area contributed by atoms with Crippen LogP contribution in [0.3, 0.4) is 0 Å². The van der Waals surface area contributed by atoms with E-state index in [1.165, 1.54) is 0 Å². The number of benzene rings is 4. The molecule has 0 radical (unpaired) electrons. The van der Waals surface area contributed by atoms with Crippen LogP contribution in [0.25, 0.3) is 21.9 Å². The lowest BCUT2D eigenvalue weighted by Gasteiger charge is -2.32. The number of nitrogens with zero attached hydrogens (tertiary/aromatic N) is 3. The van der Waals surface area contributed by atoms with Crippen molar-refractivity contribution in [2.24, 2.45) is 9.98 Å². The van der Waals surface area contributed by atoms with Gasteiger partial charge in [-0.05, 0) is 35.9 Å². The Bertz CT molecular complexity index is 1530. The Labute approximate surface area is 200 Å². The predicted octanol–water partition coefficient (Wildman–Crippen LogP) is 7.19. The highest BCUT2D eigenvalue weighted by Gasteiger charge is 2.27. The number of hydrogen-bond donors (Lipinski definition) is 0. The molecular formula is C28H20BrN3O. The summed E-state index contributed by atoms with van der Waals surface area (Å²) in [6.45, 7) is 0. The number of para-hydroxylation sites is 1. The summed E-state index contributed by atoms with van der Waals surface area (Å²) >= 11 is 3.52. The molecule has 1 aliphatic rings. The number of aliphatic imine (C=N–C) groups is 2. The molecule has 0 fully saturated rings. The van der Waals surface area contributed by atoms with Gasteiger partial charge in [0.15, 0.2) is 5.84 Å². The van der Waals surface area contributed by atoms with Crippen LogP contribution in [0.5, 0.6) is 0 Å². The fraction of sp³-hybridized carbons (Fsp3) is 0.0714. The second-order valence-corrected chi connectivity index (χ2v) is 9.02. The third-order valence-electron chi connectivity index (χ3n) is 5.99. The number of amidine groups is 2. The molecule has 4 nitrogen and oxygen atoms in total. The number of hydrogen-bond acceptors (Lipinski definition) is 4. The fourth-order valence-electron chi connectivity index (χ4n) is 4.32. The van der Waals surface area contributed by atoms with Crippen molar-refractivity contribution in [1.29, 1.82) is 0 Å². The molecule has 5 aromatic rings. The Balaban J connectivity index is 1.50. The van der Waals surface area contributed by atoms with Crippen LogP contribution in [-0.2, 0) is 0 Å². The molecule has 1 aliphatic heterocycles. The van der Waals surface area contributed by atoms with E-state index in [2.05, 4.69) is 57.2 Å². The monoisotopic (exact) mass is 493 g/mol. The van der Waals surface area contributed by atoms with E-state index in [1.807, 2.05) is 67.7 Å². The molecule has 2 heterocycles. The van der Waals surface area contributed by atoms with E-state index in [0.29, 0.717) is 5.84 Å². The summed E-state index contributed by atoms with van der Waals surface area (Å²) < 4.78 is 7.17. The average Bonchev–Trinajstić information content (AvgIpc) is 3.23. The van der Waals surface area contributed by atoms with Crippen LogP contribution in [-0.4, -0.2) is 23.6 Å². The van der Waals surface area contributed by atoms with Gasteiger partial charge in [0.2, 0.25) is 0 Å². The maximum absolute atomic E-state index is 6.15. The van der Waals surface area contributed by atoms with Crippen molar-refractivity contribution >= 4 is 49.5 Å². The first kappa shape index (κ1) is 19.9. The lowest BCUT2D eigenvalue weighted by molar-refractivity contribution is 0.383. The van der Waals surface area contributed by atoms with Crippen molar-refractivity contribution in [1.82, 2.24) is 4.90 Å². The summed E-state index contributed by atoms with van der Waals surface area (Å²) in [4.78, 5) is 12.2. The molecule has 1 unspecified atom stereocenters. The van der Waals surface area contributed by atoms with E-state index < -0.39 is 0 Å². The van der Waals surface area contributed by atoms with Gasteiger partial charge in [-0.3, -0.25) is 0 Å². The van der Waals surface area contributed by atoms with Gasteiger partial charge < -0.3 is 9.32 Å². The van der Waals surface area contributed by atoms with Gasteiger partial charge in [-0.1, -0.05) is 82.7 Å². The highest BCUT2D eigenvalue weighted by Crippen LogP contribution is 2.32. The van der Waals surface area contributed by atoms with E-state index >= 15 is 0 Å². The molecule has 0 spiro atoms. The summed E-state index contributed by atoms with van der Waals surface area (Å²) in [6.07, 6.45) is -0.177. The Morgan fingerprint density at radius 3 is 2.27 bits per heavy atom. The smallest absolute Gasteiger partial charge is 0.159 e. The second kappa shape index (κ2) is 8.01. The van der Waals surface area contributed by atoms with Gasteiger partial charge in [0, 0.05) is 33.4 Å². The number of furan rings is 1. The van der Waals surface area contributed by atoms with Gasteiger partial charge in [-0.2, -0.15) is 0 Å². The van der Waals surface area contributed by atoms with Crippen LogP contribution in [0.1, 0.15) is 22.9 Å². The van der Waals surface area contributed by atoms with Gasteiger partial charge in [-0.15, -0.1) is 0 Å². The maximum atomic E-state index is 6.15. The van der Waals surface area contributed by atoms with Crippen LogP contribution in [0.4, 0.5) is 0 Å². The van der Waals surface area contributed by atoms with Crippen molar-refractivity contribution in [2.75, 3.05) is 7.05 Å².